The van der Waals surface area contributed by atoms with Crippen molar-refractivity contribution in [2.24, 2.45) is 0 Å². The van der Waals surface area contributed by atoms with Crippen molar-refractivity contribution in [1.82, 2.24) is 8.75 Å². The first-order valence-corrected chi connectivity index (χ1v) is 7.69. The van der Waals surface area contributed by atoms with E-state index in [1.165, 1.54) is 6.07 Å². The molecule has 3 aromatic rings. The van der Waals surface area contributed by atoms with Crippen molar-refractivity contribution in [3.8, 4) is 0 Å². The third-order valence-electron chi connectivity index (χ3n) is 2.99. The molecular formula is C15H10ClN3O3S. The Morgan fingerprint density at radius 2 is 1.96 bits per heavy atom. The zero-order valence-corrected chi connectivity index (χ0v) is 13.2. The smallest absolute Gasteiger partial charge is 0.340 e. The molecule has 0 bridgehead atoms. The fourth-order valence-corrected chi connectivity index (χ4v) is 2.69. The molecule has 8 heteroatoms. The van der Waals surface area contributed by atoms with E-state index in [1.54, 1.807) is 36.4 Å². The van der Waals surface area contributed by atoms with E-state index in [1.807, 2.05) is 0 Å². The van der Waals surface area contributed by atoms with Gasteiger partial charge in [0.1, 0.15) is 11.0 Å². The zero-order valence-electron chi connectivity index (χ0n) is 11.7. The van der Waals surface area contributed by atoms with Crippen LogP contribution in [-0.4, -0.2) is 27.2 Å². The topological polar surface area (TPSA) is 81.2 Å². The quantitative estimate of drug-likeness (QED) is 0.733. The van der Waals surface area contributed by atoms with Crippen LogP contribution in [0, 0.1) is 0 Å². The summed E-state index contributed by atoms with van der Waals surface area (Å²) in [6.45, 7) is -0.419. The van der Waals surface area contributed by atoms with Crippen LogP contribution < -0.4 is 5.32 Å². The van der Waals surface area contributed by atoms with Crippen molar-refractivity contribution in [2.45, 2.75) is 0 Å². The van der Waals surface area contributed by atoms with E-state index in [2.05, 4.69) is 14.1 Å². The van der Waals surface area contributed by atoms with Crippen molar-refractivity contribution in [1.29, 1.82) is 0 Å². The standard InChI is InChI=1S/C15H10ClN3O3S/c16-10-5-2-1-4-9(10)15(21)22-8-13(20)17-11-6-3-7-12-14(11)19-23-18-12/h1-7H,8H2,(H,17,20). The molecule has 1 aromatic heterocycles. The second-order valence-electron chi connectivity index (χ2n) is 4.54. The van der Waals surface area contributed by atoms with Crippen molar-refractivity contribution < 1.29 is 14.3 Å². The van der Waals surface area contributed by atoms with Gasteiger partial charge >= 0.3 is 5.97 Å². The van der Waals surface area contributed by atoms with Gasteiger partial charge in [-0.1, -0.05) is 29.8 Å². The van der Waals surface area contributed by atoms with Crippen LogP contribution in [0.4, 0.5) is 5.69 Å². The van der Waals surface area contributed by atoms with Gasteiger partial charge in [0.05, 0.1) is 28.0 Å². The van der Waals surface area contributed by atoms with E-state index in [-0.39, 0.29) is 10.6 Å². The van der Waals surface area contributed by atoms with E-state index in [0.29, 0.717) is 16.7 Å². The highest BCUT2D eigenvalue weighted by molar-refractivity contribution is 7.00. The second kappa shape index (κ2) is 6.72. The average Bonchev–Trinajstić information content (AvgIpc) is 3.03. The summed E-state index contributed by atoms with van der Waals surface area (Å²) >= 11 is 6.96. The summed E-state index contributed by atoms with van der Waals surface area (Å²) in [5.41, 5.74) is 2.03. The van der Waals surface area contributed by atoms with Crippen LogP contribution >= 0.6 is 23.3 Å². The molecule has 0 aliphatic heterocycles. The summed E-state index contributed by atoms with van der Waals surface area (Å²) in [4.78, 5) is 23.8. The molecule has 0 unspecified atom stereocenters. The van der Waals surface area contributed by atoms with Crippen LogP contribution in [0.2, 0.25) is 5.02 Å². The number of benzene rings is 2. The molecule has 2 aromatic carbocycles. The first-order valence-electron chi connectivity index (χ1n) is 6.58. The Morgan fingerprint density at radius 1 is 1.13 bits per heavy atom. The number of nitrogens with one attached hydrogen (secondary N) is 1. The SMILES string of the molecule is O=C(COC(=O)c1ccccc1Cl)Nc1cccc2nsnc12. The fourth-order valence-electron chi connectivity index (χ4n) is 1.93. The molecule has 0 atom stereocenters. The van der Waals surface area contributed by atoms with Gasteiger partial charge < -0.3 is 10.1 Å². The lowest BCUT2D eigenvalue weighted by Crippen LogP contribution is -2.21. The number of hydrogen-bond acceptors (Lipinski definition) is 6. The number of halogens is 1. The van der Waals surface area contributed by atoms with Crippen molar-refractivity contribution >= 4 is 51.9 Å². The zero-order chi connectivity index (χ0) is 16.2. The molecule has 0 saturated heterocycles. The third kappa shape index (κ3) is 3.46. The Hall–Kier alpha value is -2.51. The molecule has 0 fully saturated rings. The van der Waals surface area contributed by atoms with E-state index in [0.717, 1.165) is 11.7 Å². The molecule has 0 aliphatic rings. The number of anilines is 1. The minimum absolute atomic E-state index is 0.216. The molecule has 1 amide bonds. The van der Waals surface area contributed by atoms with Crippen molar-refractivity contribution in [2.75, 3.05) is 11.9 Å². The number of amides is 1. The minimum atomic E-state index is -0.653. The summed E-state index contributed by atoms with van der Waals surface area (Å²) < 4.78 is 13.2. The molecule has 3 rings (SSSR count). The molecule has 0 aliphatic carbocycles. The van der Waals surface area contributed by atoms with Gasteiger partial charge in [0.15, 0.2) is 6.61 Å². The van der Waals surface area contributed by atoms with Gasteiger partial charge in [-0.2, -0.15) is 8.75 Å². The van der Waals surface area contributed by atoms with E-state index in [9.17, 15) is 9.59 Å². The normalized spacial score (nSPS) is 10.5. The molecule has 0 spiro atoms. The number of fused-ring (bicyclic) bond motifs is 1. The minimum Gasteiger partial charge on any atom is -0.452 e. The van der Waals surface area contributed by atoms with Gasteiger partial charge in [0.2, 0.25) is 0 Å². The average molecular weight is 348 g/mol. The van der Waals surface area contributed by atoms with Gasteiger partial charge in [-0.05, 0) is 24.3 Å². The van der Waals surface area contributed by atoms with E-state index >= 15 is 0 Å². The molecule has 23 heavy (non-hydrogen) atoms. The highest BCUT2D eigenvalue weighted by Gasteiger charge is 2.14. The lowest BCUT2D eigenvalue weighted by atomic mass is 10.2. The Kier molecular flexibility index (Phi) is 4.50. The van der Waals surface area contributed by atoms with Gasteiger partial charge in [-0.25, -0.2) is 4.79 Å². The number of nitrogens with zero attached hydrogens (tertiary/aromatic N) is 2. The summed E-state index contributed by atoms with van der Waals surface area (Å²) in [7, 11) is 0. The number of ether oxygens (including phenoxy) is 1. The van der Waals surface area contributed by atoms with E-state index in [4.69, 9.17) is 16.3 Å². The summed E-state index contributed by atoms with van der Waals surface area (Å²) in [6.07, 6.45) is 0. The Bertz CT molecular complexity index is 881. The van der Waals surface area contributed by atoms with Crippen molar-refractivity contribution in [3.05, 3.63) is 53.1 Å². The van der Waals surface area contributed by atoms with Crippen LogP contribution in [-0.2, 0) is 9.53 Å². The number of hydrogen-bond donors (Lipinski definition) is 1. The van der Waals surface area contributed by atoms with Gasteiger partial charge in [0.25, 0.3) is 5.91 Å². The lowest BCUT2D eigenvalue weighted by Gasteiger charge is -2.07. The summed E-state index contributed by atoms with van der Waals surface area (Å²) in [6, 6.07) is 11.7. The molecule has 6 nitrogen and oxygen atoms in total. The maximum absolute atomic E-state index is 11.9. The number of carbonyl (C=O) groups is 2. The van der Waals surface area contributed by atoms with Crippen LogP contribution in [0.3, 0.4) is 0 Å². The maximum atomic E-state index is 11.9. The molecule has 1 heterocycles. The maximum Gasteiger partial charge on any atom is 0.340 e. The van der Waals surface area contributed by atoms with Gasteiger partial charge in [-0.15, -0.1) is 0 Å². The molecule has 0 saturated carbocycles. The monoisotopic (exact) mass is 347 g/mol. The first-order chi connectivity index (χ1) is 11.1. The predicted octanol–water partition coefficient (Wildman–Crippen LogP) is 3.14. The molecule has 0 radical (unpaired) electrons. The van der Waals surface area contributed by atoms with Crippen LogP contribution in [0.25, 0.3) is 11.0 Å². The van der Waals surface area contributed by atoms with Crippen LogP contribution in [0.1, 0.15) is 10.4 Å². The summed E-state index contributed by atoms with van der Waals surface area (Å²) in [5, 5.41) is 2.92. The number of aromatic nitrogens is 2. The van der Waals surface area contributed by atoms with Gasteiger partial charge in [-0.3, -0.25) is 4.79 Å². The Labute approximate surface area is 140 Å². The highest BCUT2D eigenvalue weighted by atomic mass is 35.5. The molecule has 1 N–H and O–H groups in total. The third-order valence-corrected chi connectivity index (χ3v) is 3.86. The second-order valence-corrected chi connectivity index (χ2v) is 5.48. The number of esters is 1. The molecule has 116 valence electrons. The molecular weight excluding hydrogens is 338 g/mol. The Morgan fingerprint density at radius 3 is 2.78 bits per heavy atom. The van der Waals surface area contributed by atoms with Crippen molar-refractivity contribution in [3.63, 3.8) is 0 Å². The number of rotatable bonds is 4. The van der Waals surface area contributed by atoms with E-state index < -0.39 is 18.5 Å². The van der Waals surface area contributed by atoms with Crippen LogP contribution in [0.15, 0.2) is 42.5 Å². The van der Waals surface area contributed by atoms with Gasteiger partial charge in [0, 0.05) is 0 Å². The first kappa shape index (κ1) is 15.4. The Balaban J connectivity index is 1.63. The fraction of sp³-hybridized carbons (Fsp3) is 0.0667. The predicted molar refractivity (Wildman–Crippen MR) is 87.8 cm³/mol. The van der Waals surface area contributed by atoms with Crippen LogP contribution in [0.5, 0.6) is 0 Å². The largest absolute Gasteiger partial charge is 0.452 e. The summed E-state index contributed by atoms with van der Waals surface area (Å²) in [5.74, 6) is -1.12. The lowest BCUT2D eigenvalue weighted by molar-refractivity contribution is -0.119. The highest BCUT2D eigenvalue weighted by Crippen LogP contribution is 2.21. The number of carbonyl (C=O) groups excluding carboxylic acids is 2.